The number of nitrogens with one attached hydrogen (secondary N) is 2. The minimum Gasteiger partial charge on any atom is -0.384 e. The number of para-hydroxylation sites is 1. The Morgan fingerprint density at radius 1 is 1.28 bits per heavy atom. The number of amides is 1. The van der Waals surface area contributed by atoms with E-state index in [4.69, 9.17) is 18.0 Å². The van der Waals surface area contributed by atoms with Gasteiger partial charge in [0.05, 0.1) is 5.57 Å². The predicted octanol–water partition coefficient (Wildman–Crippen LogP) is 3.23. The Balaban J connectivity index is 1.63. The highest BCUT2D eigenvalue weighted by Gasteiger charge is 2.48. The van der Waals surface area contributed by atoms with Gasteiger partial charge in [-0.15, -0.1) is 0 Å². The van der Waals surface area contributed by atoms with Crippen LogP contribution in [0.3, 0.4) is 0 Å². The van der Waals surface area contributed by atoms with Crippen LogP contribution in [0.5, 0.6) is 0 Å². The van der Waals surface area contributed by atoms with Crippen LogP contribution in [0.15, 0.2) is 59.9 Å². The number of carbonyl (C=O) groups is 1. The van der Waals surface area contributed by atoms with Crippen LogP contribution in [0, 0.1) is 0 Å². The molecule has 150 valence electrons. The number of hydrogen-bond donors (Lipinski definition) is 3. The first kappa shape index (κ1) is 19.4. The fourth-order valence-corrected chi connectivity index (χ4v) is 4.39. The van der Waals surface area contributed by atoms with Crippen molar-refractivity contribution < 1.29 is 4.79 Å². The lowest BCUT2D eigenvalue weighted by atomic mass is 9.70. The third-order valence-electron chi connectivity index (χ3n) is 5.93. The summed E-state index contributed by atoms with van der Waals surface area (Å²) in [5, 5.41) is 6.70. The minimum atomic E-state index is -0.0947. The maximum absolute atomic E-state index is 13.3. The lowest BCUT2D eigenvalue weighted by molar-refractivity contribution is -0.136. The molecule has 0 atom stereocenters. The molecule has 1 fully saturated rings. The van der Waals surface area contributed by atoms with Gasteiger partial charge in [-0.05, 0) is 49.1 Å². The molecule has 0 saturated heterocycles. The number of nitrogens with zero attached hydrogens (tertiary/aromatic N) is 2. The quantitative estimate of drug-likeness (QED) is 0.660. The highest BCUT2D eigenvalue weighted by atomic mass is 32.1. The van der Waals surface area contributed by atoms with E-state index in [-0.39, 0.29) is 11.4 Å². The number of anilines is 2. The van der Waals surface area contributed by atoms with Gasteiger partial charge in [-0.25, -0.2) is 4.98 Å². The maximum atomic E-state index is 13.3. The molecule has 4 rings (SSSR count). The Labute approximate surface area is 176 Å². The fraction of sp³-hybridized carbons (Fsp3) is 0.318. The van der Waals surface area contributed by atoms with Gasteiger partial charge in [-0.2, -0.15) is 0 Å². The third kappa shape index (κ3) is 3.82. The second kappa shape index (κ2) is 7.83. The number of hydrogen-bond acceptors (Lipinski definition) is 5. The molecule has 7 heteroatoms. The van der Waals surface area contributed by atoms with Crippen LogP contribution in [0.4, 0.5) is 11.5 Å². The van der Waals surface area contributed by atoms with Crippen LogP contribution >= 0.6 is 12.2 Å². The maximum Gasteiger partial charge on any atom is 0.258 e. The van der Waals surface area contributed by atoms with Crippen LogP contribution in [-0.4, -0.2) is 33.4 Å². The van der Waals surface area contributed by atoms with E-state index in [9.17, 15) is 4.79 Å². The van der Waals surface area contributed by atoms with Crippen LogP contribution in [0.25, 0.3) is 0 Å². The largest absolute Gasteiger partial charge is 0.384 e. The van der Waals surface area contributed by atoms with E-state index < -0.39 is 0 Å². The molecule has 1 amide bonds. The molecule has 1 aliphatic carbocycles. The van der Waals surface area contributed by atoms with Crippen molar-refractivity contribution in [1.82, 2.24) is 15.2 Å². The summed E-state index contributed by atoms with van der Waals surface area (Å²) in [5.41, 5.74) is 9.03. The molecule has 6 nitrogen and oxygen atoms in total. The minimum absolute atomic E-state index is 0.0267. The SMILES string of the molecule is CN1C(=O)C(C(=S)Nc2ccccc2)=C(NCc2ccnc(N)c2)CC12CCC2. The number of carbonyl (C=O) groups excluding carboxylic acids is 1. The summed E-state index contributed by atoms with van der Waals surface area (Å²) in [4.78, 5) is 19.7. The fourth-order valence-electron chi connectivity index (χ4n) is 4.06. The molecule has 2 aromatic rings. The zero-order valence-corrected chi connectivity index (χ0v) is 17.3. The highest BCUT2D eigenvalue weighted by Crippen LogP contribution is 2.45. The Bertz CT molecular complexity index is 968. The molecule has 1 aromatic carbocycles. The van der Waals surface area contributed by atoms with E-state index in [2.05, 4.69) is 15.6 Å². The van der Waals surface area contributed by atoms with E-state index in [1.165, 1.54) is 0 Å². The highest BCUT2D eigenvalue weighted by molar-refractivity contribution is 7.81. The molecule has 29 heavy (non-hydrogen) atoms. The van der Waals surface area contributed by atoms with Crippen molar-refractivity contribution in [1.29, 1.82) is 0 Å². The molecule has 2 aliphatic rings. The zero-order valence-electron chi connectivity index (χ0n) is 16.4. The van der Waals surface area contributed by atoms with Crippen molar-refractivity contribution in [2.45, 2.75) is 37.8 Å². The molecule has 1 spiro atoms. The normalized spacial score (nSPS) is 17.8. The number of likely N-dealkylation sites (N-methyl/N-ethyl adjacent to an activating group) is 1. The molecule has 1 aromatic heterocycles. The van der Waals surface area contributed by atoms with Gasteiger partial charge in [-0.3, -0.25) is 4.79 Å². The summed E-state index contributed by atoms with van der Waals surface area (Å²) < 4.78 is 0. The summed E-state index contributed by atoms with van der Waals surface area (Å²) in [6, 6.07) is 13.4. The molecular weight excluding hydrogens is 382 g/mol. The van der Waals surface area contributed by atoms with Crippen LogP contribution in [0.1, 0.15) is 31.2 Å². The number of pyridine rings is 1. The molecule has 2 heterocycles. The second-order valence-electron chi connectivity index (χ2n) is 7.74. The molecule has 1 saturated carbocycles. The Hall–Kier alpha value is -2.93. The summed E-state index contributed by atoms with van der Waals surface area (Å²) in [6.07, 6.45) is 5.66. The van der Waals surface area contributed by atoms with Crippen molar-refractivity contribution >= 4 is 34.6 Å². The average Bonchev–Trinajstić information content (AvgIpc) is 2.68. The van der Waals surface area contributed by atoms with Crippen molar-refractivity contribution in [3.63, 3.8) is 0 Å². The lowest BCUT2D eigenvalue weighted by Gasteiger charge is -2.52. The Morgan fingerprint density at radius 3 is 2.69 bits per heavy atom. The number of aromatic nitrogens is 1. The van der Waals surface area contributed by atoms with E-state index in [0.717, 1.165) is 42.6 Å². The van der Waals surface area contributed by atoms with Gasteiger partial charge in [0.25, 0.3) is 5.91 Å². The van der Waals surface area contributed by atoms with Crippen molar-refractivity contribution in [3.8, 4) is 0 Å². The second-order valence-corrected chi connectivity index (χ2v) is 8.14. The van der Waals surface area contributed by atoms with E-state index in [1.54, 1.807) is 6.20 Å². The van der Waals surface area contributed by atoms with E-state index >= 15 is 0 Å². The molecule has 0 bridgehead atoms. The molecule has 4 N–H and O–H groups in total. The van der Waals surface area contributed by atoms with Gasteiger partial charge in [0.2, 0.25) is 0 Å². The Morgan fingerprint density at radius 2 is 2.03 bits per heavy atom. The van der Waals surface area contributed by atoms with Gasteiger partial charge in [0.1, 0.15) is 10.8 Å². The smallest absolute Gasteiger partial charge is 0.258 e. The first-order chi connectivity index (χ1) is 14.0. The van der Waals surface area contributed by atoms with Gasteiger partial charge < -0.3 is 21.3 Å². The monoisotopic (exact) mass is 407 g/mol. The molecular formula is C22H25N5OS. The summed E-state index contributed by atoms with van der Waals surface area (Å²) in [5.74, 6) is 0.454. The summed E-state index contributed by atoms with van der Waals surface area (Å²) in [6.45, 7) is 0.562. The topological polar surface area (TPSA) is 83.3 Å². The number of benzene rings is 1. The van der Waals surface area contributed by atoms with Crippen molar-refractivity contribution in [2.24, 2.45) is 0 Å². The van der Waals surface area contributed by atoms with Gasteiger partial charge in [0.15, 0.2) is 0 Å². The van der Waals surface area contributed by atoms with Gasteiger partial charge in [-0.1, -0.05) is 30.4 Å². The van der Waals surface area contributed by atoms with Crippen LogP contribution in [-0.2, 0) is 11.3 Å². The Kier molecular flexibility index (Phi) is 5.24. The number of thiocarbonyl (C=S) groups is 1. The van der Waals surface area contributed by atoms with E-state index in [1.807, 2.05) is 54.4 Å². The van der Waals surface area contributed by atoms with Gasteiger partial charge >= 0.3 is 0 Å². The van der Waals surface area contributed by atoms with Crippen LogP contribution in [0.2, 0.25) is 0 Å². The number of nitrogen functional groups attached to an aromatic ring is 1. The average molecular weight is 408 g/mol. The third-order valence-corrected chi connectivity index (χ3v) is 6.24. The van der Waals surface area contributed by atoms with Gasteiger partial charge in [0, 0.05) is 43.1 Å². The molecule has 0 radical (unpaired) electrons. The van der Waals surface area contributed by atoms with Crippen molar-refractivity contribution in [2.75, 3.05) is 18.1 Å². The molecule has 0 unspecified atom stereocenters. The number of rotatable bonds is 5. The van der Waals surface area contributed by atoms with E-state index in [0.29, 0.717) is 22.9 Å². The first-order valence-electron chi connectivity index (χ1n) is 9.80. The number of nitrogens with two attached hydrogens (primary N) is 1. The summed E-state index contributed by atoms with van der Waals surface area (Å²) in [7, 11) is 1.90. The molecule has 1 aliphatic heterocycles. The summed E-state index contributed by atoms with van der Waals surface area (Å²) >= 11 is 5.66. The predicted molar refractivity (Wildman–Crippen MR) is 119 cm³/mol. The standard InChI is InChI=1S/C22H25N5OS/c1-27-21(28)19(20(29)26-16-6-3-2-4-7-16)17(13-22(27)9-5-10-22)25-14-15-8-11-24-18(23)12-15/h2-4,6-8,11-12,25H,5,9-10,13-14H2,1H3,(H2,23,24)(H,26,29). The van der Waals surface area contributed by atoms with Crippen molar-refractivity contribution in [3.05, 3.63) is 65.5 Å². The first-order valence-corrected chi connectivity index (χ1v) is 10.2. The lowest BCUT2D eigenvalue weighted by Crippen LogP contribution is -2.59. The van der Waals surface area contributed by atoms with Crippen LogP contribution < -0.4 is 16.4 Å². The zero-order chi connectivity index (χ0) is 20.4.